The molecule has 17 heavy (non-hydrogen) atoms. The fourth-order valence-electron chi connectivity index (χ4n) is 1.75. The van der Waals surface area contributed by atoms with Gasteiger partial charge in [-0.25, -0.2) is 0 Å². The standard InChI is InChI=1S/C15H16NO/c1-12-8-10-16(11-9-12)13(2)15(17)14-6-4-3-5-7-14/h3-11,13H,1-2H3/q+1/t13-/m1/s1. The van der Waals surface area contributed by atoms with Gasteiger partial charge < -0.3 is 0 Å². The number of pyridine rings is 1. The fraction of sp³-hybridized carbons (Fsp3) is 0.200. The second-order valence-corrected chi connectivity index (χ2v) is 4.23. The summed E-state index contributed by atoms with van der Waals surface area (Å²) < 4.78 is 1.93. The maximum absolute atomic E-state index is 12.2. The summed E-state index contributed by atoms with van der Waals surface area (Å²) in [5, 5.41) is 0. The highest BCUT2D eigenvalue weighted by molar-refractivity contribution is 5.97. The Morgan fingerprint density at radius 1 is 1.06 bits per heavy atom. The van der Waals surface area contributed by atoms with Crippen LogP contribution in [0.3, 0.4) is 0 Å². The van der Waals surface area contributed by atoms with Crippen LogP contribution in [0, 0.1) is 6.92 Å². The number of aryl methyl sites for hydroxylation is 1. The van der Waals surface area contributed by atoms with Gasteiger partial charge in [0.15, 0.2) is 12.4 Å². The van der Waals surface area contributed by atoms with Gasteiger partial charge in [-0.05, 0) is 12.5 Å². The Morgan fingerprint density at radius 3 is 2.24 bits per heavy atom. The lowest BCUT2D eigenvalue weighted by atomic mass is 10.1. The summed E-state index contributed by atoms with van der Waals surface area (Å²) in [6.07, 6.45) is 3.89. The van der Waals surface area contributed by atoms with E-state index in [1.54, 1.807) is 0 Å². The van der Waals surface area contributed by atoms with Gasteiger partial charge in [-0.1, -0.05) is 30.3 Å². The lowest BCUT2D eigenvalue weighted by Crippen LogP contribution is -2.41. The van der Waals surface area contributed by atoms with Crippen molar-refractivity contribution in [2.45, 2.75) is 19.9 Å². The SMILES string of the molecule is Cc1cc[n+]([C@H](C)C(=O)c2ccccc2)cc1. The summed E-state index contributed by atoms with van der Waals surface area (Å²) in [4.78, 5) is 12.2. The van der Waals surface area contributed by atoms with Gasteiger partial charge >= 0.3 is 0 Å². The Hall–Kier alpha value is -1.96. The highest BCUT2D eigenvalue weighted by atomic mass is 16.1. The van der Waals surface area contributed by atoms with E-state index in [2.05, 4.69) is 0 Å². The molecule has 1 aromatic carbocycles. The van der Waals surface area contributed by atoms with Crippen LogP contribution in [0.2, 0.25) is 0 Å². The minimum absolute atomic E-state index is 0.138. The predicted molar refractivity (Wildman–Crippen MR) is 66.9 cm³/mol. The second kappa shape index (κ2) is 4.91. The molecule has 0 N–H and O–H groups in total. The molecular formula is C15H16NO+. The molecule has 0 amide bonds. The number of carbonyl (C=O) groups excluding carboxylic acids is 1. The average molecular weight is 226 g/mol. The number of hydrogen-bond donors (Lipinski definition) is 0. The van der Waals surface area contributed by atoms with E-state index >= 15 is 0 Å². The van der Waals surface area contributed by atoms with Crippen LogP contribution in [0.5, 0.6) is 0 Å². The van der Waals surface area contributed by atoms with Crippen molar-refractivity contribution in [2.75, 3.05) is 0 Å². The van der Waals surface area contributed by atoms with Gasteiger partial charge in [0.1, 0.15) is 0 Å². The number of aromatic nitrogens is 1. The summed E-state index contributed by atoms with van der Waals surface area (Å²) in [7, 11) is 0. The molecule has 0 aliphatic heterocycles. The predicted octanol–water partition coefficient (Wildman–Crippen LogP) is 2.73. The molecule has 2 rings (SSSR count). The van der Waals surface area contributed by atoms with Crippen molar-refractivity contribution in [3.05, 3.63) is 66.0 Å². The van der Waals surface area contributed by atoms with Crippen LogP contribution in [-0.4, -0.2) is 5.78 Å². The molecule has 2 nitrogen and oxygen atoms in total. The molecule has 0 unspecified atom stereocenters. The zero-order valence-electron chi connectivity index (χ0n) is 10.1. The third-order valence-corrected chi connectivity index (χ3v) is 2.90. The van der Waals surface area contributed by atoms with E-state index in [0.29, 0.717) is 0 Å². The quantitative estimate of drug-likeness (QED) is 0.582. The monoisotopic (exact) mass is 226 g/mol. The van der Waals surface area contributed by atoms with Crippen LogP contribution in [0.4, 0.5) is 0 Å². The van der Waals surface area contributed by atoms with Gasteiger partial charge in [0.2, 0.25) is 11.8 Å². The molecule has 0 aliphatic carbocycles. The van der Waals surface area contributed by atoms with Gasteiger partial charge in [0.05, 0.1) is 0 Å². The molecule has 0 radical (unpaired) electrons. The van der Waals surface area contributed by atoms with Gasteiger partial charge in [-0.3, -0.25) is 4.79 Å². The molecule has 0 fully saturated rings. The van der Waals surface area contributed by atoms with Crippen LogP contribution in [0.1, 0.15) is 28.9 Å². The van der Waals surface area contributed by atoms with Crippen molar-refractivity contribution in [3.8, 4) is 0 Å². The number of hydrogen-bond acceptors (Lipinski definition) is 1. The molecule has 1 atom stereocenters. The molecule has 0 aliphatic rings. The molecule has 1 heterocycles. The Bertz CT molecular complexity index is 502. The van der Waals surface area contributed by atoms with E-state index in [-0.39, 0.29) is 11.8 Å². The van der Waals surface area contributed by atoms with E-state index in [0.717, 1.165) is 5.56 Å². The lowest BCUT2D eigenvalue weighted by molar-refractivity contribution is -0.704. The number of carbonyl (C=O) groups is 1. The molecule has 0 saturated carbocycles. The fourth-order valence-corrected chi connectivity index (χ4v) is 1.75. The van der Waals surface area contributed by atoms with E-state index < -0.39 is 0 Å². The zero-order chi connectivity index (χ0) is 12.3. The first-order valence-electron chi connectivity index (χ1n) is 5.75. The summed E-state index contributed by atoms with van der Waals surface area (Å²) in [5.74, 6) is 0.138. The van der Waals surface area contributed by atoms with Crippen molar-refractivity contribution in [3.63, 3.8) is 0 Å². The summed E-state index contributed by atoms with van der Waals surface area (Å²) in [6, 6.07) is 13.3. The topological polar surface area (TPSA) is 20.9 Å². The minimum Gasteiger partial charge on any atom is -0.287 e. The van der Waals surface area contributed by atoms with E-state index in [1.807, 2.05) is 73.3 Å². The van der Waals surface area contributed by atoms with Gasteiger partial charge in [0, 0.05) is 24.6 Å². The molecule has 0 spiro atoms. The Balaban J connectivity index is 2.23. The normalized spacial score (nSPS) is 12.1. The van der Waals surface area contributed by atoms with Crippen LogP contribution in [0.15, 0.2) is 54.9 Å². The number of nitrogens with zero attached hydrogens (tertiary/aromatic N) is 1. The van der Waals surface area contributed by atoms with Crippen LogP contribution in [0.25, 0.3) is 0 Å². The number of rotatable bonds is 3. The Labute approximate surface area is 102 Å². The first kappa shape index (κ1) is 11.5. The van der Waals surface area contributed by atoms with E-state index in [4.69, 9.17) is 0 Å². The molecule has 0 bridgehead atoms. The molecule has 2 heteroatoms. The number of Topliss-reactive ketones (excluding diaryl/α,β-unsaturated/α-hetero) is 1. The van der Waals surface area contributed by atoms with E-state index in [1.165, 1.54) is 5.56 Å². The molecule has 2 aromatic rings. The number of benzene rings is 1. The van der Waals surface area contributed by atoms with Crippen LogP contribution in [-0.2, 0) is 0 Å². The summed E-state index contributed by atoms with van der Waals surface area (Å²) in [6.45, 7) is 3.96. The second-order valence-electron chi connectivity index (χ2n) is 4.23. The van der Waals surface area contributed by atoms with Crippen molar-refractivity contribution in [2.24, 2.45) is 0 Å². The van der Waals surface area contributed by atoms with Gasteiger partial charge in [-0.15, -0.1) is 0 Å². The maximum Gasteiger partial charge on any atom is 0.230 e. The summed E-state index contributed by atoms with van der Waals surface area (Å²) >= 11 is 0. The van der Waals surface area contributed by atoms with Crippen LogP contribution >= 0.6 is 0 Å². The molecule has 86 valence electrons. The molecule has 1 aromatic heterocycles. The largest absolute Gasteiger partial charge is 0.287 e. The Morgan fingerprint density at radius 2 is 1.65 bits per heavy atom. The maximum atomic E-state index is 12.2. The molecule has 0 saturated heterocycles. The first-order valence-corrected chi connectivity index (χ1v) is 5.75. The highest BCUT2D eigenvalue weighted by Crippen LogP contribution is 2.08. The zero-order valence-corrected chi connectivity index (χ0v) is 10.1. The van der Waals surface area contributed by atoms with Crippen molar-refractivity contribution in [1.29, 1.82) is 0 Å². The van der Waals surface area contributed by atoms with Crippen molar-refractivity contribution >= 4 is 5.78 Å². The highest BCUT2D eigenvalue weighted by Gasteiger charge is 2.22. The first-order chi connectivity index (χ1) is 8.18. The minimum atomic E-state index is -0.169. The molecular weight excluding hydrogens is 210 g/mol. The third kappa shape index (κ3) is 2.59. The van der Waals surface area contributed by atoms with Crippen LogP contribution < -0.4 is 4.57 Å². The Kier molecular flexibility index (Phi) is 3.33. The average Bonchev–Trinajstić information content (AvgIpc) is 2.39. The summed E-state index contributed by atoms with van der Waals surface area (Å²) in [5.41, 5.74) is 1.95. The smallest absolute Gasteiger partial charge is 0.230 e. The van der Waals surface area contributed by atoms with Crippen molar-refractivity contribution in [1.82, 2.24) is 0 Å². The van der Waals surface area contributed by atoms with Gasteiger partial charge in [-0.2, -0.15) is 4.57 Å². The number of ketones is 1. The van der Waals surface area contributed by atoms with Gasteiger partial charge in [0.25, 0.3) is 0 Å². The van der Waals surface area contributed by atoms with Crippen molar-refractivity contribution < 1.29 is 9.36 Å². The van der Waals surface area contributed by atoms with E-state index in [9.17, 15) is 4.79 Å². The lowest BCUT2D eigenvalue weighted by Gasteiger charge is -2.06. The third-order valence-electron chi connectivity index (χ3n) is 2.90.